The summed E-state index contributed by atoms with van der Waals surface area (Å²) in [6.07, 6.45) is 7.92. The van der Waals surface area contributed by atoms with E-state index in [2.05, 4.69) is 142 Å². The van der Waals surface area contributed by atoms with Gasteiger partial charge in [-0.2, -0.15) is 4.68 Å². The van der Waals surface area contributed by atoms with Crippen LogP contribution >= 0.6 is 0 Å². The minimum Gasteiger partial charge on any atom is -0.466 e. The molecular formula is C45H86N4O9SSi4. The number of carbonyl (C=O) groups excluding carboxylic acids is 3. The summed E-state index contributed by atoms with van der Waals surface area (Å²) in [6, 6.07) is 10.9. The van der Waals surface area contributed by atoms with E-state index in [0.717, 1.165) is 37.6 Å². The summed E-state index contributed by atoms with van der Waals surface area (Å²) < 4.78 is 48.5. The number of para-hydroxylation sites is 1. The molecule has 1 heterocycles. The van der Waals surface area contributed by atoms with Gasteiger partial charge in [-0.15, -0.1) is 0 Å². The van der Waals surface area contributed by atoms with Gasteiger partial charge >= 0.3 is 11.9 Å². The van der Waals surface area contributed by atoms with Crippen molar-refractivity contribution >= 4 is 60.8 Å². The van der Waals surface area contributed by atoms with Crippen LogP contribution in [0.2, 0.25) is 87.6 Å². The second-order valence-corrected chi connectivity index (χ2v) is 44.3. The number of carbonyl (C=O) groups is 3. The molecule has 0 aliphatic rings. The summed E-state index contributed by atoms with van der Waals surface area (Å²) in [6.45, 7) is 40.2. The number of esters is 2. The molecule has 0 saturated heterocycles. The van der Waals surface area contributed by atoms with E-state index < -0.39 is 48.7 Å². The third-order valence-corrected chi connectivity index (χ3v) is 25.0. The molecule has 0 aliphatic heterocycles. The number of aromatic nitrogens is 4. The van der Waals surface area contributed by atoms with Crippen molar-refractivity contribution in [3.8, 4) is 5.69 Å². The van der Waals surface area contributed by atoms with E-state index in [1.165, 1.54) is 4.68 Å². The Morgan fingerprint density at radius 2 is 1.19 bits per heavy atom. The molecule has 1 aromatic heterocycles. The lowest BCUT2D eigenvalue weighted by atomic mass is 10.2. The number of hydrogen-bond acceptors (Lipinski definition) is 12. The molecule has 18 heteroatoms. The Balaban J connectivity index is 0.000000923. The normalized spacial score (nSPS) is 13.9. The number of aldehydes is 1. The first-order chi connectivity index (χ1) is 28.7. The highest BCUT2D eigenvalue weighted by atomic mass is 32.2. The predicted molar refractivity (Wildman–Crippen MR) is 268 cm³/mol. The molecule has 2 aromatic rings. The summed E-state index contributed by atoms with van der Waals surface area (Å²) in [5, 5.41) is 10.9. The number of hydrogen-bond donors (Lipinski definition) is 0. The maximum absolute atomic E-state index is 12.2. The van der Waals surface area contributed by atoms with Crippen LogP contribution in [0.25, 0.3) is 5.69 Å². The molecule has 0 bridgehead atoms. The van der Waals surface area contributed by atoms with Gasteiger partial charge in [0.2, 0.25) is 9.84 Å². The van der Waals surface area contributed by atoms with Crippen LogP contribution in [-0.2, 0) is 42.5 Å². The zero-order chi connectivity index (χ0) is 48.9. The van der Waals surface area contributed by atoms with E-state index in [-0.39, 0.29) is 45.4 Å². The standard InChI is InChI=1S/C19H40O3Si2.C15H32O4Si2.C11H14N4O2S/c1-10-11-12-13-17(22-24(8,9)19(2,3)4)16-18(20)21-14-15-23(5,6)7;1-15(2,3)21(7,8)19-13(12-16)11-14(17)18-9-10-20(4,5)6;1-2-3-9-18(16,17)11-12-13-14-15(11)10-7-5-4-6-8-10/h12-13,17H,10-11,14-16H2,1-9H3;12-13H,9-11H2,1-8H3;4-8H,2-3,9H2,1H3/b13-12+;;/t17-;13-;/m10./s1. The van der Waals surface area contributed by atoms with Gasteiger partial charge in [-0.25, -0.2) is 8.42 Å². The molecule has 362 valence electrons. The fourth-order valence-corrected chi connectivity index (χ4v) is 10.1. The largest absolute Gasteiger partial charge is 0.466 e. The number of nitrogens with zero attached hydrogens (tertiary/aromatic N) is 4. The van der Waals surface area contributed by atoms with Crippen LogP contribution in [-0.4, -0.2) is 111 Å². The lowest BCUT2D eigenvalue weighted by molar-refractivity contribution is -0.146. The average Bonchev–Trinajstić information content (AvgIpc) is 3.64. The van der Waals surface area contributed by atoms with Gasteiger partial charge in [-0.3, -0.25) is 9.59 Å². The van der Waals surface area contributed by atoms with Gasteiger partial charge in [-0.05, 0) is 83.8 Å². The summed E-state index contributed by atoms with van der Waals surface area (Å²) in [5.74, 6) is -0.418. The third-order valence-electron chi connectivity index (χ3n) is 10.9. The summed E-state index contributed by atoms with van der Waals surface area (Å²) >= 11 is 0. The van der Waals surface area contributed by atoms with Crippen LogP contribution in [0, 0.1) is 0 Å². The number of unbranched alkanes of at least 4 members (excludes halogenated alkanes) is 2. The zero-order valence-corrected chi connectivity index (χ0v) is 47.2. The Morgan fingerprint density at radius 3 is 1.60 bits per heavy atom. The van der Waals surface area contributed by atoms with Crippen LogP contribution < -0.4 is 0 Å². The molecule has 0 aliphatic carbocycles. The smallest absolute Gasteiger partial charge is 0.308 e. The lowest BCUT2D eigenvalue weighted by Crippen LogP contribution is -2.45. The van der Waals surface area contributed by atoms with Gasteiger partial charge in [0.15, 0.2) is 16.6 Å². The number of ether oxygens (including phenoxy) is 2. The van der Waals surface area contributed by atoms with Gasteiger partial charge in [0.05, 0.1) is 43.6 Å². The zero-order valence-electron chi connectivity index (χ0n) is 42.4. The van der Waals surface area contributed by atoms with Gasteiger partial charge in [0.1, 0.15) is 12.4 Å². The molecule has 0 amide bonds. The fourth-order valence-electron chi connectivity index (χ4n) is 4.71. The highest BCUT2D eigenvalue weighted by molar-refractivity contribution is 7.91. The molecule has 0 N–H and O–H groups in total. The number of rotatable bonds is 23. The second-order valence-electron chi connectivity index (χ2n) is 21.5. The molecule has 63 heavy (non-hydrogen) atoms. The van der Waals surface area contributed by atoms with E-state index in [4.69, 9.17) is 18.3 Å². The van der Waals surface area contributed by atoms with Crippen molar-refractivity contribution in [2.45, 2.75) is 199 Å². The van der Waals surface area contributed by atoms with Crippen molar-refractivity contribution in [3.63, 3.8) is 0 Å². The first-order valence-electron chi connectivity index (χ1n) is 22.6. The summed E-state index contributed by atoms with van der Waals surface area (Å²) in [5.41, 5.74) is 0.637. The van der Waals surface area contributed by atoms with Crippen molar-refractivity contribution in [1.82, 2.24) is 20.2 Å². The van der Waals surface area contributed by atoms with Gasteiger partial charge in [0.25, 0.3) is 5.16 Å². The van der Waals surface area contributed by atoms with Gasteiger partial charge < -0.3 is 23.1 Å². The molecule has 0 unspecified atom stereocenters. The maximum atomic E-state index is 12.2. The number of allylic oxidation sites excluding steroid dienone is 1. The molecule has 1 aromatic carbocycles. The Labute approximate surface area is 386 Å². The summed E-state index contributed by atoms with van der Waals surface area (Å²) in [7, 11) is -9.76. The molecule has 0 fully saturated rings. The number of sulfone groups is 1. The molecule has 0 radical (unpaired) electrons. The third kappa shape index (κ3) is 25.6. The molecule has 0 spiro atoms. The van der Waals surface area contributed by atoms with E-state index in [1.54, 1.807) is 24.3 Å². The van der Waals surface area contributed by atoms with Gasteiger partial charge in [0, 0.05) is 16.1 Å². The molecule has 0 saturated carbocycles. The Morgan fingerprint density at radius 1 is 0.730 bits per heavy atom. The first-order valence-corrected chi connectivity index (χ1v) is 37.5. The van der Waals surface area contributed by atoms with Crippen LogP contribution in [0.5, 0.6) is 0 Å². The maximum Gasteiger partial charge on any atom is 0.308 e. The second kappa shape index (κ2) is 27.1. The predicted octanol–water partition coefficient (Wildman–Crippen LogP) is 11.1. The van der Waals surface area contributed by atoms with E-state index in [9.17, 15) is 22.8 Å². The first kappa shape index (κ1) is 60.4. The summed E-state index contributed by atoms with van der Waals surface area (Å²) in [4.78, 5) is 35.2. The molecule has 2 atom stereocenters. The van der Waals surface area contributed by atoms with Crippen molar-refractivity contribution < 1.29 is 41.1 Å². The number of tetrazole rings is 1. The topological polar surface area (TPSA) is 166 Å². The van der Waals surface area contributed by atoms with Crippen LogP contribution in [0.15, 0.2) is 47.6 Å². The van der Waals surface area contributed by atoms with Crippen molar-refractivity contribution in [1.29, 1.82) is 0 Å². The molecule has 13 nitrogen and oxygen atoms in total. The SMILES string of the molecule is CC(C)(C)[Si](C)(C)O[C@H](C=O)CC(=O)OCC[Si](C)(C)C.CCC/C=C/[C@H](CC(=O)OCC[Si](C)(C)C)O[Si](C)(C)C(C)(C)C.CCCCS(=O)(=O)c1nnnn1-c1ccccc1. The van der Waals surface area contributed by atoms with Crippen LogP contribution in [0.4, 0.5) is 0 Å². The lowest BCUT2D eigenvalue weighted by Gasteiger charge is -2.38. The van der Waals surface area contributed by atoms with Gasteiger partial charge in [-0.1, -0.05) is 143 Å². The van der Waals surface area contributed by atoms with Crippen LogP contribution in [0.1, 0.15) is 93.9 Å². The van der Waals surface area contributed by atoms with Crippen molar-refractivity contribution in [2.75, 3.05) is 19.0 Å². The Bertz CT molecular complexity index is 1780. The highest BCUT2D eigenvalue weighted by Crippen LogP contribution is 2.38. The van der Waals surface area contributed by atoms with E-state index in [1.807, 2.05) is 13.0 Å². The Hall–Kier alpha value is -2.62. The minimum atomic E-state index is -3.43. The van der Waals surface area contributed by atoms with E-state index in [0.29, 0.717) is 31.7 Å². The Kier molecular flexibility index (Phi) is 26.0. The average molecular weight is 972 g/mol. The van der Waals surface area contributed by atoms with E-state index >= 15 is 0 Å². The minimum absolute atomic E-state index is 0.00992. The van der Waals surface area contributed by atoms with Crippen molar-refractivity contribution in [3.05, 3.63) is 42.5 Å². The van der Waals surface area contributed by atoms with Crippen LogP contribution in [0.3, 0.4) is 0 Å². The molecule has 2 rings (SSSR count). The monoisotopic (exact) mass is 971 g/mol. The van der Waals surface area contributed by atoms with Crippen molar-refractivity contribution in [2.24, 2.45) is 0 Å². The highest BCUT2D eigenvalue weighted by Gasteiger charge is 2.40. The number of benzene rings is 1. The fraction of sp³-hybridized carbons (Fsp3) is 0.733. The molecular weight excluding hydrogens is 885 g/mol. The quantitative estimate of drug-likeness (QED) is 0.0448.